The van der Waals surface area contributed by atoms with Gasteiger partial charge >= 0.3 is 0 Å². The predicted octanol–water partition coefficient (Wildman–Crippen LogP) is 5.50. The van der Waals surface area contributed by atoms with Crippen LogP contribution in [0.5, 0.6) is 11.5 Å². The number of aromatic nitrogens is 1. The lowest BCUT2D eigenvalue weighted by molar-refractivity contribution is 0.0426. The molecule has 0 spiro atoms. The highest BCUT2D eigenvalue weighted by Crippen LogP contribution is 2.36. The Kier molecular flexibility index (Phi) is 5.86. The van der Waals surface area contributed by atoms with E-state index in [4.69, 9.17) is 9.47 Å². The lowest BCUT2D eigenvalue weighted by atomic mass is 9.88. The molecule has 1 N–H and O–H groups in total. The molecule has 1 unspecified atom stereocenters. The molecule has 2 aliphatic rings. The number of ether oxygens (including phenoxy) is 2. The summed E-state index contributed by atoms with van der Waals surface area (Å²) in [5.74, 6) is 1.73. The van der Waals surface area contributed by atoms with Crippen LogP contribution in [0.25, 0.3) is 10.9 Å². The summed E-state index contributed by atoms with van der Waals surface area (Å²) in [6.07, 6.45) is 10.1. The van der Waals surface area contributed by atoms with E-state index in [-0.39, 0.29) is 5.82 Å². The van der Waals surface area contributed by atoms with Gasteiger partial charge in [0.1, 0.15) is 23.9 Å². The third kappa shape index (κ3) is 4.16. The monoisotopic (exact) mass is 422 g/mol. The second-order valence-corrected chi connectivity index (χ2v) is 8.89. The van der Waals surface area contributed by atoms with E-state index in [2.05, 4.69) is 9.88 Å². The zero-order valence-electron chi connectivity index (χ0n) is 18.2. The van der Waals surface area contributed by atoms with Gasteiger partial charge in [-0.3, -0.25) is 4.90 Å². The maximum atomic E-state index is 13.6. The molecule has 1 aromatic heterocycles. The fourth-order valence-electron chi connectivity index (χ4n) is 5.12. The summed E-state index contributed by atoms with van der Waals surface area (Å²) >= 11 is 0. The van der Waals surface area contributed by atoms with Gasteiger partial charge in [0.25, 0.3) is 0 Å². The Morgan fingerprint density at radius 2 is 2.06 bits per heavy atom. The van der Waals surface area contributed by atoms with Crippen molar-refractivity contribution < 1.29 is 13.9 Å². The van der Waals surface area contributed by atoms with E-state index >= 15 is 0 Å². The van der Waals surface area contributed by atoms with Crippen LogP contribution in [0.4, 0.5) is 4.39 Å². The van der Waals surface area contributed by atoms with Crippen LogP contribution in [0.1, 0.15) is 43.2 Å². The summed E-state index contributed by atoms with van der Waals surface area (Å²) in [5.41, 5.74) is 3.43. The molecule has 31 heavy (non-hydrogen) atoms. The highest BCUT2D eigenvalue weighted by molar-refractivity contribution is 5.83. The zero-order valence-corrected chi connectivity index (χ0v) is 18.2. The molecule has 1 saturated carbocycles. The van der Waals surface area contributed by atoms with E-state index < -0.39 is 0 Å². The van der Waals surface area contributed by atoms with Crippen LogP contribution in [0.3, 0.4) is 0 Å². The van der Waals surface area contributed by atoms with Crippen LogP contribution in [0.15, 0.2) is 42.6 Å². The average molecular weight is 423 g/mol. The van der Waals surface area contributed by atoms with E-state index in [0.717, 1.165) is 61.2 Å². The van der Waals surface area contributed by atoms with Crippen molar-refractivity contribution in [3.8, 4) is 11.5 Å². The van der Waals surface area contributed by atoms with E-state index in [1.807, 2.05) is 30.5 Å². The van der Waals surface area contributed by atoms with Crippen molar-refractivity contribution in [3.05, 3.63) is 59.5 Å². The average Bonchev–Trinajstić information content (AvgIpc) is 3.15. The molecule has 0 bridgehead atoms. The quantitative estimate of drug-likeness (QED) is 0.487. The number of rotatable bonds is 8. The van der Waals surface area contributed by atoms with Crippen LogP contribution in [0.2, 0.25) is 0 Å². The summed E-state index contributed by atoms with van der Waals surface area (Å²) in [6.45, 7) is 1.83. The molecule has 0 amide bonds. The van der Waals surface area contributed by atoms with Gasteiger partial charge in [-0.25, -0.2) is 4.39 Å². The maximum absolute atomic E-state index is 13.6. The van der Waals surface area contributed by atoms with E-state index in [9.17, 15) is 4.39 Å². The van der Waals surface area contributed by atoms with Gasteiger partial charge in [0.2, 0.25) is 0 Å². The van der Waals surface area contributed by atoms with Crippen LogP contribution >= 0.6 is 0 Å². The smallest absolute Gasteiger partial charge is 0.126 e. The first-order valence-electron chi connectivity index (χ1n) is 11.5. The van der Waals surface area contributed by atoms with Crippen molar-refractivity contribution in [2.24, 2.45) is 0 Å². The Hall–Kier alpha value is -2.53. The number of aromatic amines is 1. The summed E-state index contributed by atoms with van der Waals surface area (Å²) in [6, 6.07) is 12.1. The third-order valence-electron chi connectivity index (χ3n) is 7.04. The third-order valence-corrected chi connectivity index (χ3v) is 7.04. The number of hydrogen-bond acceptors (Lipinski definition) is 3. The number of nitrogens with one attached hydrogen (secondary N) is 1. The molecule has 0 saturated heterocycles. The molecule has 0 radical (unpaired) electrons. The fraction of sp³-hybridized carbons (Fsp3) is 0.462. The molecule has 3 aromatic rings. The SMILES string of the molecule is COc1cccc2c1CC(N(CCCCc1c[nH]c3ccc(F)cc13)C1CCC1)CO2. The van der Waals surface area contributed by atoms with Crippen molar-refractivity contribution in [1.82, 2.24) is 9.88 Å². The van der Waals surface area contributed by atoms with Crippen molar-refractivity contribution in [3.63, 3.8) is 0 Å². The topological polar surface area (TPSA) is 37.5 Å². The summed E-state index contributed by atoms with van der Waals surface area (Å²) in [7, 11) is 1.74. The van der Waals surface area contributed by atoms with Gasteiger partial charge in [-0.15, -0.1) is 0 Å². The lowest BCUT2D eigenvalue weighted by Gasteiger charge is -2.44. The first-order valence-corrected chi connectivity index (χ1v) is 11.5. The van der Waals surface area contributed by atoms with Gasteiger partial charge in [0.15, 0.2) is 0 Å². The molecule has 2 aromatic carbocycles. The van der Waals surface area contributed by atoms with Gasteiger partial charge in [-0.05, 0) is 81.0 Å². The highest BCUT2D eigenvalue weighted by Gasteiger charge is 2.34. The maximum Gasteiger partial charge on any atom is 0.126 e. The molecule has 1 fully saturated rings. The second kappa shape index (κ2) is 8.91. The Morgan fingerprint density at radius 1 is 1.16 bits per heavy atom. The number of nitrogens with zero attached hydrogens (tertiary/aromatic N) is 1. The van der Waals surface area contributed by atoms with Gasteiger partial charge in [0, 0.05) is 34.7 Å². The molecule has 1 atom stereocenters. The Labute approximate surface area is 183 Å². The molecule has 2 heterocycles. The molecular formula is C26H31FN2O2. The number of benzene rings is 2. The van der Waals surface area contributed by atoms with Crippen molar-refractivity contribution >= 4 is 10.9 Å². The largest absolute Gasteiger partial charge is 0.496 e. The fourth-order valence-corrected chi connectivity index (χ4v) is 5.12. The molecule has 1 aliphatic carbocycles. The summed E-state index contributed by atoms with van der Waals surface area (Å²) in [4.78, 5) is 5.96. The predicted molar refractivity (Wildman–Crippen MR) is 122 cm³/mol. The number of fused-ring (bicyclic) bond motifs is 2. The zero-order chi connectivity index (χ0) is 21.2. The lowest BCUT2D eigenvalue weighted by Crippen LogP contribution is -2.51. The number of H-pyrrole nitrogens is 1. The Balaban J connectivity index is 1.22. The van der Waals surface area contributed by atoms with Crippen LogP contribution in [-0.2, 0) is 12.8 Å². The Bertz CT molecular complexity index is 1030. The summed E-state index contributed by atoms with van der Waals surface area (Å²) < 4.78 is 25.4. The summed E-state index contributed by atoms with van der Waals surface area (Å²) in [5, 5.41) is 1.01. The van der Waals surface area contributed by atoms with E-state index in [0.29, 0.717) is 12.1 Å². The van der Waals surface area contributed by atoms with Crippen molar-refractivity contribution in [2.45, 2.75) is 57.0 Å². The van der Waals surface area contributed by atoms with E-state index in [1.165, 1.54) is 36.5 Å². The van der Waals surface area contributed by atoms with Gasteiger partial charge < -0.3 is 14.5 Å². The molecule has 4 nitrogen and oxygen atoms in total. The number of halogens is 1. The minimum atomic E-state index is -0.169. The van der Waals surface area contributed by atoms with Crippen LogP contribution < -0.4 is 9.47 Å². The first kappa shape index (κ1) is 20.4. The van der Waals surface area contributed by atoms with Gasteiger partial charge in [-0.2, -0.15) is 0 Å². The first-order chi connectivity index (χ1) is 15.2. The normalized spacial score (nSPS) is 18.6. The van der Waals surface area contributed by atoms with Crippen molar-refractivity contribution in [2.75, 3.05) is 20.3 Å². The molecular weight excluding hydrogens is 391 g/mol. The minimum Gasteiger partial charge on any atom is -0.496 e. The number of aryl methyl sites for hydroxylation is 1. The van der Waals surface area contributed by atoms with E-state index in [1.54, 1.807) is 13.2 Å². The van der Waals surface area contributed by atoms with Crippen molar-refractivity contribution in [1.29, 1.82) is 0 Å². The Morgan fingerprint density at radius 3 is 2.87 bits per heavy atom. The molecule has 5 heteroatoms. The van der Waals surface area contributed by atoms with Gasteiger partial charge in [0.05, 0.1) is 7.11 Å². The highest BCUT2D eigenvalue weighted by atomic mass is 19.1. The van der Waals surface area contributed by atoms with Crippen LogP contribution in [-0.4, -0.2) is 42.2 Å². The number of hydrogen-bond donors (Lipinski definition) is 1. The number of unbranched alkanes of at least 4 members (excludes halogenated alkanes) is 1. The van der Waals surface area contributed by atoms with Gasteiger partial charge in [-0.1, -0.05) is 12.5 Å². The standard InChI is InChI=1S/C26H31FN2O2/c1-30-25-9-5-10-26-23(25)15-21(17-31-26)29(20-7-4-8-20)13-3-2-6-18-16-28-24-12-11-19(27)14-22(18)24/h5,9-12,14,16,20-21,28H,2-4,6-8,13,15,17H2,1H3. The molecule has 164 valence electrons. The second-order valence-electron chi connectivity index (χ2n) is 8.89. The molecule has 5 rings (SSSR count). The van der Waals surface area contributed by atoms with Crippen LogP contribution in [0, 0.1) is 5.82 Å². The number of methoxy groups -OCH3 is 1. The molecule has 1 aliphatic heterocycles. The minimum absolute atomic E-state index is 0.169.